The third-order valence-corrected chi connectivity index (χ3v) is 3.98. The van der Waals surface area contributed by atoms with Gasteiger partial charge in [0.25, 0.3) is 5.56 Å². The molecule has 3 aromatic heterocycles. The van der Waals surface area contributed by atoms with Crippen LogP contribution in [0.25, 0.3) is 33.2 Å². The number of furan rings is 1. The third-order valence-electron chi connectivity index (χ3n) is 3.98. The summed E-state index contributed by atoms with van der Waals surface area (Å²) in [5, 5.41) is 7.85. The predicted molar refractivity (Wildman–Crippen MR) is 102 cm³/mol. The molecule has 6 heteroatoms. The van der Waals surface area contributed by atoms with Gasteiger partial charge in [-0.1, -0.05) is 31.9 Å². The second-order valence-corrected chi connectivity index (χ2v) is 6.15. The molecular formula is C19H22N4O2. The molecule has 4 rings (SSSR count). The van der Waals surface area contributed by atoms with Crippen molar-refractivity contribution in [1.82, 2.24) is 15.2 Å². The number of nitrogens with two attached hydrogens (primary N) is 1. The number of hydrogen-bond acceptors (Lipinski definition) is 4. The van der Waals surface area contributed by atoms with Gasteiger partial charge in [-0.2, -0.15) is 5.10 Å². The van der Waals surface area contributed by atoms with Crippen LogP contribution in [0.15, 0.2) is 33.6 Å². The van der Waals surface area contributed by atoms with Crippen molar-refractivity contribution in [1.29, 1.82) is 0 Å². The molecule has 130 valence electrons. The van der Waals surface area contributed by atoms with Crippen LogP contribution < -0.4 is 11.3 Å². The molecule has 3 heterocycles. The number of aromatic amines is 2. The Balaban J connectivity index is 0.000000569. The second-order valence-electron chi connectivity index (χ2n) is 6.15. The minimum Gasteiger partial charge on any atom is -0.456 e. The monoisotopic (exact) mass is 338 g/mol. The van der Waals surface area contributed by atoms with Gasteiger partial charge in [0.2, 0.25) is 0 Å². The Morgan fingerprint density at radius 2 is 1.96 bits per heavy atom. The summed E-state index contributed by atoms with van der Waals surface area (Å²) in [4.78, 5) is 14.8. The van der Waals surface area contributed by atoms with Crippen molar-refractivity contribution in [3.8, 4) is 11.3 Å². The van der Waals surface area contributed by atoms with Crippen molar-refractivity contribution < 1.29 is 4.42 Å². The van der Waals surface area contributed by atoms with Gasteiger partial charge >= 0.3 is 0 Å². The summed E-state index contributed by atoms with van der Waals surface area (Å²) in [6.07, 6.45) is 2.98. The molecule has 0 radical (unpaired) electrons. The molecule has 0 aliphatic rings. The Bertz CT molecular complexity index is 1100. The molecule has 0 amide bonds. The van der Waals surface area contributed by atoms with E-state index >= 15 is 0 Å². The number of anilines is 1. The minimum absolute atomic E-state index is 0.266. The smallest absolute Gasteiger partial charge is 0.288 e. The Kier molecular flexibility index (Phi) is 4.35. The molecule has 0 aliphatic heterocycles. The van der Waals surface area contributed by atoms with E-state index in [1.54, 1.807) is 6.20 Å². The largest absolute Gasteiger partial charge is 0.456 e. The van der Waals surface area contributed by atoms with E-state index in [1.165, 1.54) is 12.0 Å². The number of fused-ring (bicyclic) bond motifs is 2. The van der Waals surface area contributed by atoms with E-state index in [0.29, 0.717) is 16.7 Å². The quantitative estimate of drug-likeness (QED) is 0.482. The second kappa shape index (κ2) is 6.47. The first-order chi connectivity index (χ1) is 12.0. The van der Waals surface area contributed by atoms with Gasteiger partial charge in [-0.15, -0.1) is 0 Å². The lowest BCUT2D eigenvalue weighted by Gasteiger charge is -1.99. The molecule has 4 aromatic rings. The van der Waals surface area contributed by atoms with Gasteiger partial charge in [0.05, 0.1) is 5.39 Å². The van der Waals surface area contributed by atoms with E-state index in [2.05, 4.69) is 35.1 Å². The molecule has 0 spiro atoms. The molecular weight excluding hydrogens is 316 g/mol. The average Bonchev–Trinajstić information content (AvgIpc) is 3.15. The first-order valence-corrected chi connectivity index (χ1v) is 8.33. The zero-order valence-corrected chi connectivity index (χ0v) is 14.9. The van der Waals surface area contributed by atoms with Crippen molar-refractivity contribution >= 4 is 27.7 Å². The molecule has 0 aliphatic carbocycles. The number of nitrogens with one attached hydrogen (secondary N) is 2. The van der Waals surface area contributed by atoms with Crippen LogP contribution in [-0.4, -0.2) is 15.2 Å². The number of hydrogen-bond donors (Lipinski definition) is 3. The lowest BCUT2D eigenvalue weighted by atomic mass is 10.1. The molecule has 4 N–H and O–H groups in total. The molecule has 0 atom stereocenters. The summed E-state index contributed by atoms with van der Waals surface area (Å²) in [7, 11) is 0. The molecule has 0 unspecified atom stereocenters. The molecule has 0 fully saturated rings. The van der Waals surface area contributed by atoms with Crippen LogP contribution in [0.3, 0.4) is 0 Å². The van der Waals surface area contributed by atoms with Gasteiger partial charge in [-0.05, 0) is 26.0 Å². The maximum Gasteiger partial charge on any atom is 0.288 e. The van der Waals surface area contributed by atoms with Crippen molar-refractivity contribution in [2.24, 2.45) is 0 Å². The van der Waals surface area contributed by atoms with E-state index in [0.717, 1.165) is 22.1 Å². The zero-order chi connectivity index (χ0) is 18.1. The summed E-state index contributed by atoms with van der Waals surface area (Å²) in [5.41, 5.74) is 9.77. The van der Waals surface area contributed by atoms with Crippen LogP contribution >= 0.6 is 0 Å². The van der Waals surface area contributed by atoms with Gasteiger partial charge in [-0.3, -0.25) is 4.79 Å². The fourth-order valence-electron chi connectivity index (χ4n) is 2.86. The number of nitrogens with zero attached hydrogens (tertiary/aromatic N) is 1. The fourth-order valence-corrected chi connectivity index (χ4v) is 2.86. The molecule has 0 saturated carbocycles. The maximum absolute atomic E-state index is 11.8. The number of nitrogen functional groups attached to an aromatic ring is 1. The lowest BCUT2D eigenvalue weighted by molar-refractivity contribution is 0.630. The van der Waals surface area contributed by atoms with Crippen LogP contribution in [0.4, 0.5) is 5.82 Å². The normalized spacial score (nSPS) is 10.9. The topological polar surface area (TPSA) is 101 Å². The lowest BCUT2D eigenvalue weighted by Crippen LogP contribution is -2.10. The van der Waals surface area contributed by atoms with Gasteiger partial charge in [0.15, 0.2) is 5.82 Å². The van der Waals surface area contributed by atoms with Gasteiger partial charge in [0, 0.05) is 22.7 Å². The van der Waals surface area contributed by atoms with Crippen molar-refractivity contribution in [2.75, 3.05) is 5.73 Å². The summed E-state index contributed by atoms with van der Waals surface area (Å²) >= 11 is 0. The Hall–Kier alpha value is -3.02. The molecule has 25 heavy (non-hydrogen) atoms. The van der Waals surface area contributed by atoms with Gasteiger partial charge < -0.3 is 15.1 Å². The van der Waals surface area contributed by atoms with Gasteiger partial charge in [-0.25, -0.2) is 5.10 Å². The van der Waals surface area contributed by atoms with E-state index in [-0.39, 0.29) is 11.4 Å². The fraction of sp³-hybridized carbons (Fsp3) is 0.263. The number of rotatable bonds is 1. The summed E-state index contributed by atoms with van der Waals surface area (Å²) in [5.74, 6) is 0.966. The Morgan fingerprint density at radius 1 is 1.24 bits per heavy atom. The van der Waals surface area contributed by atoms with Crippen LogP contribution in [0, 0.1) is 13.8 Å². The molecule has 0 bridgehead atoms. The highest BCUT2D eigenvalue weighted by molar-refractivity contribution is 6.03. The van der Waals surface area contributed by atoms with Crippen LogP contribution in [-0.2, 0) is 0 Å². The van der Waals surface area contributed by atoms with Crippen LogP contribution in [0.1, 0.15) is 31.4 Å². The summed E-state index contributed by atoms with van der Waals surface area (Å²) in [6, 6.07) is 6.04. The standard InChI is InChI=1S/C16H14N4O2.C3H8/c1-7-3-4-11-9(5-7)8(2)14(22-11)10-6-18-13-12(10)15(17)19-20-16(13)21;1-3-2/h3-6,18H,1-2H3,(H2,17,19)(H,20,21);3H2,1-2H3. The van der Waals surface area contributed by atoms with Gasteiger partial charge in [0.1, 0.15) is 16.9 Å². The molecule has 1 aromatic carbocycles. The Morgan fingerprint density at radius 3 is 2.68 bits per heavy atom. The van der Waals surface area contributed by atoms with E-state index < -0.39 is 0 Å². The third kappa shape index (κ3) is 2.80. The summed E-state index contributed by atoms with van der Waals surface area (Å²) < 4.78 is 5.99. The SMILES string of the molecule is CCC.Cc1ccc2oc(-c3c[nH]c4c(=O)[nH]nc(N)c34)c(C)c2c1. The zero-order valence-electron chi connectivity index (χ0n) is 14.9. The predicted octanol–water partition coefficient (Wildman–Crippen LogP) is 4.28. The number of aromatic nitrogens is 3. The van der Waals surface area contributed by atoms with E-state index in [9.17, 15) is 4.79 Å². The number of H-pyrrole nitrogens is 2. The van der Waals surface area contributed by atoms with Crippen LogP contribution in [0.5, 0.6) is 0 Å². The Labute approximate surface area is 145 Å². The number of benzene rings is 1. The van der Waals surface area contributed by atoms with E-state index in [4.69, 9.17) is 10.2 Å². The highest BCUT2D eigenvalue weighted by atomic mass is 16.3. The summed E-state index contributed by atoms with van der Waals surface area (Å²) in [6.45, 7) is 8.29. The molecule has 6 nitrogen and oxygen atoms in total. The average molecular weight is 338 g/mol. The first kappa shape index (κ1) is 16.8. The van der Waals surface area contributed by atoms with Crippen LogP contribution in [0.2, 0.25) is 0 Å². The highest BCUT2D eigenvalue weighted by Crippen LogP contribution is 2.37. The first-order valence-electron chi connectivity index (χ1n) is 8.33. The van der Waals surface area contributed by atoms with E-state index in [1.807, 2.05) is 26.0 Å². The number of aryl methyl sites for hydroxylation is 2. The molecule has 0 saturated heterocycles. The highest BCUT2D eigenvalue weighted by Gasteiger charge is 2.19. The van der Waals surface area contributed by atoms with Crippen molar-refractivity contribution in [3.63, 3.8) is 0 Å². The van der Waals surface area contributed by atoms with Crippen molar-refractivity contribution in [3.05, 3.63) is 45.9 Å². The van der Waals surface area contributed by atoms with Crippen molar-refractivity contribution in [2.45, 2.75) is 34.1 Å². The minimum atomic E-state index is -0.306. The maximum atomic E-state index is 11.8.